The van der Waals surface area contributed by atoms with Crippen molar-refractivity contribution >= 4 is 10.0 Å². The summed E-state index contributed by atoms with van der Waals surface area (Å²) >= 11 is 0. The van der Waals surface area contributed by atoms with Gasteiger partial charge in [-0.1, -0.05) is 6.92 Å². The molecule has 0 aromatic carbocycles. The zero-order chi connectivity index (χ0) is 10.6. The molecule has 1 N–H and O–H groups in total. The lowest BCUT2D eigenvalue weighted by Gasteiger charge is -2.07. The van der Waals surface area contributed by atoms with E-state index in [0.29, 0.717) is 6.54 Å². The number of ether oxygens (including phenoxy) is 1. The lowest BCUT2D eigenvalue weighted by molar-refractivity contribution is 0.385. The standard InChI is InChI=1S/C8H12N2O3S/c1-3-10-14(11,12)7-5-4-6-9-8(7)13-2/h4-6,10H,3H2,1-2H3. The van der Waals surface area contributed by atoms with E-state index in [2.05, 4.69) is 9.71 Å². The van der Waals surface area contributed by atoms with E-state index in [-0.39, 0.29) is 10.8 Å². The number of hydrogen-bond acceptors (Lipinski definition) is 4. The van der Waals surface area contributed by atoms with Gasteiger partial charge in [0.05, 0.1) is 7.11 Å². The Hall–Kier alpha value is -1.14. The van der Waals surface area contributed by atoms with Crippen LogP contribution >= 0.6 is 0 Å². The molecule has 5 nitrogen and oxygen atoms in total. The molecule has 1 heterocycles. The van der Waals surface area contributed by atoms with Gasteiger partial charge in [0, 0.05) is 12.7 Å². The molecule has 0 fully saturated rings. The highest BCUT2D eigenvalue weighted by Crippen LogP contribution is 2.18. The Balaban J connectivity index is 3.18. The number of rotatable bonds is 4. The quantitative estimate of drug-likeness (QED) is 0.790. The summed E-state index contributed by atoms with van der Waals surface area (Å²) in [6, 6.07) is 3.00. The molecule has 0 spiro atoms. The van der Waals surface area contributed by atoms with Crippen LogP contribution < -0.4 is 9.46 Å². The lowest BCUT2D eigenvalue weighted by atomic mass is 10.5. The highest BCUT2D eigenvalue weighted by Gasteiger charge is 2.18. The van der Waals surface area contributed by atoms with E-state index in [4.69, 9.17) is 4.74 Å². The predicted molar refractivity (Wildman–Crippen MR) is 51.7 cm³/mol. The number of nitrogens with zero attached hydrogens (tertiary/aromatic N) is 1. The Morgan fingerprint density at radius 2 is 2.29 bits per heavy atom. The van der Waals surface area contributed by atoms with Crippen LogP contribution in [0.15, 0.2) is 23.2 Å². The number of pyridine rings is 1. The largest absolute Gasteiger partial charge is 0.480 e. The van der Waals surface area contributed by atoms with Gasteiger partial charge >= 0.3 is 0 Å². The zero-order valence-electron chi connectivity index (χ0n) is 8.02. The third-order valence-electron chi connectivity index (χ3n) is 1.55. The molecule has 0 aliphatic rings. The maximum atomic E-state index is 11.6. The van der Waals surface area contributed by atoms with Crippen molar-refractivity contribution in [1.82, 2.24) is 9.71 Å². The molecule has 0 atom stereocenters. The van der Waals surface area contributed by atoms with Gasteiger partial charge in [0.1, 0.15) is 4.90 Å². The number of aromatic nitrogens is 1. The molecule has 0 amide bonds. The maximum absolute atomic E-state index is 11.6. The van der Waals surface area contributed by atoms with Crippen molar-refractivity contribution in [3.63, 3.8) is 0 Å². The topological polar surface area (TPSA) is 68.3 Å². The van der Waals surface area contributed by atoms with Gasteiger partial charge in [0.25, 0.3) is 0 Å². The van der Waals surface area contributed by atoms with Crippen LogP contribution in [0.5, 0.6) is 5.88 Å². The van der Waals surface area contributed by atoms with Crippen molar-refractivity contribution in [2.75, 3.05) is 13.7 Å². The first-order valence-corrected chi connectivity index (χ1v) is 5.58. The molecule has 0 radical (unpaired) electrons. The van der Waals surface area contributed by atoms with Crippen molar-refractivity contribution in [3.8, 4) is 5.88 Å². The minimum Gasteiger partial charge on any atom is -0.480 e. The van der Waals surface area contributed by atoms with Crippen LogP contribution in [0.2, 0.25) is 0 Å². The molecule has 78 valence electrons. The van der Waals surface area contributed by atoms with Gasteiger partial charge in [-0.05, 0) is 12.1 Å². The van der Waals surface area contributed by atoms with Crippen LogP contribution in [0, 0.1) is 0 Å². The van der Waals surface area contributed by atoms with Gasteiger partial charge in [-0.15, -0.1) is 0 Å². The summed E-state index contributed by atoms with van der Waals surface area (Å²) in [5.74, 6) is 0.105. The van der Waals surface area contributed by atoms with E-state index in [1.54, 1.807) is 13.0 Å². The lowest BCUT2D eigenvalue weighted by Crippen LogP contribution is -2.23. The highest BCUT2D eigenvalue weighted by molar-refractivity contribution is 7.89. The summed E-state index contributed by atoms with van der Waals surface area (Å²) in [7, 11) is -2.11. The molecule has 0 saturated carbocycles. The fourth-order valence-electron chi connectivity index (χ4n) is 1.00. The Morgan fingerprint density at radius 3 is 2.86 bits per heavy atom. The smallest absolute Gasteiger partial charge is 0.245 e. The van der Waals surface area contributed by atoms with Crippen LogP contribution in [0.4, 0.5) is 0 Å². The Morgan fingerprint density at radius 1 is 1.57 bits per heavy atom. The van der Waals surface area contributed by atoms with Crippen molar-refractivity contribution in [2.24, 2.45) is 0 Å². The second kappa shape index (κ2) is 4.39. The SMILES string of the molecule is CCNS(=O)(=O)c1cccnc1OC. The summed E-state index contributed by atoms with van der Waals surface area (Å²) in [6.45, 7) is 2.04. The Labute approximate surface area is 83.2 Å². The molecular formula is C8H12N2O3S. The second-order valence-electron chi connectivity index (χ2n) is 2.51. The Bertz CT molecular complexity index is 403. The van der Waals surface area contributed by atoms with Crippen LogP contribution in [0.25, 0.3) is 0 Å². The number of sulfonamides is 1. The van der Waals surface area contributed by atoms with E-state index >= 15 is 0 Å². The van der Waals surface area contributed by atoms with Gasteiger partial charge in [-0.3, -0.25) is 0 Å². The summed E-state index contributed by atoms with van der Waals surface area (Å²) in [5, 5.41) is 0. The van der Waals surface area contributed by atoms with E-state index in [1.807, 2.05) is 0 Å². The van der Waals surface area contributed by atoms with Crippen LogP contribution in [0.1, 0.15) is 6.92 Å². The summed E-state index contributed by atoms with van der Waals surface area (Å²) in [5.41, 5.74) is 0. The summed E-state index contributed by atoms with van der Waals surface area (Å²) in [4.78, 5) is 3.86. The molecular weight excluding hydrogens is 204 g/mol. The van der Waals surface area contributed by atoms with Crippen LogP contribution in [0.3, 0.4) is 0 Å². The van der Waals surface area contributed by atoms with E-state index in [9.17, 15) is 8.42 Å². The minimum atomic E-state index is -3.49. The monoisotopic (exact) mass is 216 g/mol. The molecule has 0 aliphatic heterocycles. The fraction of sp³-hybridized carbons (Fsp3) is 0.375. The maximum Gasteiger partial charge on any atom is 0.245 e. The number of nitrogens with one attached hydrogen (secondary N) is 1. The van der Waals surface area contributed by atoms with Gasteiger partial charge in [-0.2, -0.15) is 0 Å². The predicted octanol–water partition coefficient (Wildman–Crippen LogP) is 0.388. The van der Waals surface area contributed by atoms with Gasteiger partial charge in [0.2, 0.25) is 15.9 Å². The van der Waals surface area contributed by atoms with Gasteiger partial charge < -0.3 is 4.74 Å². The first kappa shape index (κ1) is 10.9. The van der Waals surface area contributed by atoms with Crippen LogP contribution in [-0.2, 0) is 10.0 Å². The van der Waals surface area contributed by atoms with Crippen molar-refractivity contribution in [1.29, 1.82) is 0 Å². The molecule has 1 aromatic rings. The molecule has 6 heteroatoms. The third kappa shape index (κ3) is 2.21. The molecule has 0 saturated heterocycles. The zero-order valence-corrected chi connectivity index (χ0v) is 8.84. The third-order valence-corrected chi connectivity index (χ3v) is 3.11. The van der Waals surface area contributed by atoms with Crippen LogP contribution in [-0.4, -0.2) is 27.1 Å². The van der Waals surface area contributed by atoms with Gasteiger partial charge in [-0.25, -0.2) is 18.1 Å². The minimum absolute atomic E-state index is 0.0596. The average molecular weight is 216 g/mol. The second-order valence-corrected chi connectivity index (χ2v) is 4.25. The molecule has 1 aromatic heterocycles. The van der Waals surface area contributed by atoms with E-state index in [1.165, 1.54) is 19.4 Å². The fourth-order valence-corrected chi connectivity index (χ4v) is 2.16. The van der Waals surface area contributed by atoms with E-state index < -0.39 is 10.0 Å². The first-order valence-electron chi connectivity index (χ1n) is 4.10. The van der Waals surface area contributed by atoms with Crippen molar-refractivity contribution < 1.29 is 13.2 Å². The van der Waals surface area contributed by atoms with Gasteiger partial charge in [0.15, 0.2) is 0 Å². The average Bonchev–Trinajstić information content (AvgIpc) is 2.18. The number of methoxy groups -OCH3 is 1. The summed E-state index contributed by atoms with van der Waals surface area (Å²) < 4.78 is 30.4. The molecule has 0 bridgehead atoms. The Kier molecular flexibility index (Phi) is 3.43. The number of hydrogen-bond donors (Lipinski definition) is 1. The van der Waals surface area contributed by atoms with E-state index in [0.717, 1.165) is 0 Å². The molecule has 1 rings (SSSR count). The first-order chi connectivity index (χ1) is 6.61. The van der Waals surface area contributed by atoms with Crippen molar-refractivity contribution in [3.05, 3.63) is 18.3 Å². The van der Waals surface area contributed by atoms with Crippen molar-refractivity contribution in [2.45, 2.75) is 11.8 Å². The summed E-state index contributed by atoms with van der Waals surface area (Å²) in [6.07, 6.45) is 1.48. The molecule has 14 heavy (non-hydrogen) atoms. The molecule has 0 aliphatic carbocycles. The molecule has 0 unspecified atom stereocenters. The normalized spacial score (nSPS) is 11.3. The highest BCUT2D eigenvalue weighted by atomic mass is 32.2.